The van der Waals surface area contributed by atoms with Gasteiger partial charge in [0.25, 0.3) is 0 Å². The van der Waals surface area contributed by atoms with Gasteiger partial charge in [-0.2, -0.15) is 11.8 Å². The van der Waals surface area contributed by atoms with Gasteiger partial charge >= 0.3 is 5.97 Å². The Morgan fingerprint density at radius 3 is 2.69 bits per heavy atom. The van der Waals surface area contributed by atoms with Crippen LogP contribution >= 0.6 is 11.8 Å². The Labute approximate surface area is 101 Å². The molecule has 1 aliphatic rings. The van der Waals surface area contributed by atoms with Crippen LogP contribution in [0, 0.1) is 11.8 Å². The molecule has 1 rings (SSSR count). The van der Waals surface area contributed by atoms with Crippen LogP contribution in [0.25, 0.3) is 0 Å². The molecule has 92 valence electrons. The lowest BCUT2D eigenvalue weighted by Crippen LogP contribution is -2.13. The summed E-state index contributed by atoms with van der Waals surface area (Å²) in [5.74, 6) is 2.25. The average Bonchev–Trinajstić information content (AvgIpc) is 2.70. The quantitative estimate of drug-likeness (QED) is 0.526. The Morgan fingerprint density at radius 2 is 2.00 bits per heavy atom. The van der Waals surface area contributed by atoms with E-state index >= 15 is 0 Å². The van der Waals surface area contributed by atoms with E-state index in [1.54, 1.807) is 0 Å². The predicted octanol–water partition coefficient (Wildman–Crippen LogP) is 2.59. The average molecular weight is 244 g/mol. The van der Waals surface area contributed by atoms with Gasteiger partial charge in [0.1, 0.15) is 6.29 Å². The molecule has 0 spiro atoms. The second-order valence-corrected chi connectivity index (χ2v) is 5.52. The van der Waals surface area contributed by atoms with E-state index < -0.39 is 5.97 Å². The molecule has 0 bridgehead atoms. The Bertz CT molecular complexity index is 230. The van der Waals surface area contributed by atoms with Gasteiger partial charge in [0.2, 0.25) is 0 Å². The fraction of sp³-hybridized carbons (Fsp3) is 0.833. The van der Waals surface area contributed by atoms with Gasteiger partial charge in [-0.25, -0.2) is 0 Å². The zero-order chi connectivity index (χ0) is 11.8. The molecule has 0 aromatic carbocycles. The second-order valence-electron chi connectivity index (χ2n) is 4.44. The van der Waals surface area contributed by atoms with Crippen molar-refractivity contribution >= 4 is 24.0 Å². The first-order valence-electron chi connectivity index (χ1n) is 5.99. The fourth-order valence-electron chi connectivity index (χ4n) is 2.10. The topological polar surface area (TPSA) is 54.4 Å². The highest BCUT2D eigenvalue weighted by atomic mass is 32.2. The molecular weight excluding hydrogens is 224 g/mol. The lowest BCUT2D eigenvalue weighted by atomic mass is 9.92. The van der Waals surface area contributed by atoms with E-state index in [4.69, 9.17) is 5.11 Å². The molecule has 0 aliphatic carbocycles. The first kappa shape index (κ1) is 13.6. The molecule has 2 atom stereocenters. The first-order valence-corrected chi connectivity index (χ1v) is 7.14. The van der Waals surface area contributed by atoms with E-state index in [9.17, 15) is 9.59 Å². The Kier molecular flexibility index (Phi) is 6.53. The highest BCUT2D eigenvalue weighted by Gasteiger charge is 2.26. The van der Waals surface area contributed by atoms with Crippen LogP contribution in [0.2, 0.25) is 0 Å². The van der Waals surface area contributed by atoms with Crippen LogP contribution in [0.3, 0.4) is 0 Å². The van der Waals surface area contributed by atoms with Gasteiger partial charge in [-0.15, -0.1) is 0 Å². The molecule has 1 aliphatic heterocycles. The molecule has 1 saturated heterocycles. The number of rotatable bonds is 8. The minimum atomic E-state index is -0.701. The van der Waals surface area contributed by atoms with Crippen molar-refractivity contribution in [2.24, 2.45) is 11.8 Å². The van der Waals surface area contributed by atoms with Gasteiger partial charge in [-0.1, -0.05) is 19.3 Å². The number of carbonyl (C=O) groups excluding carboxylic acids is 1. The SMILES string of the molecule is O=C[C@H]1CSC[C@H]1CCCCCCC(=O)O. The maximum absolute atomic E-state index is 10.7. The van der Waals surface area contributed by atoms with Crippen LogP contribution in [0.1, 0.15) is 38.5 Å². The van der Waals surface area contributed by atoms with E-state index in [1.807, 2.05) is 11.8 Å². The van der Waals surface area contributed by atoms with Gasteiger partial charge in [0, 0.05) is 18.1 Å². The van der Waals surface area contributed by atoms with Crippen LogP contribution in [-0.4, -0.2) is 28.9 Å². The Hall–Kier alpha value is -0.510. The fourth-order valence-corrected chi connectivity index (χ4v) is 3.57. The molecule has 4 heteroatoms. The number of aldehydes is 1. The monoisotopic (exact) mass is 244 g/mol. The molecule has 0 aromatic heterocycles. The van der Waals surface area contributed by atoms with Gasteiger partial charge in [-0.05, 0) is 24.5 Å². The number of carbonyl (C=O) groups is 2. The lowest BCUT2D eigenvalue weighted by molar-refractivity contribution is -0.137. The molecule has 0 saturated carbocycles. The normalized spacial score (nSPS) is 24.5. The van der Waals surface area contributed by atoms with E-state index in [2.05, 4.69) is 0 Å². The number of hydrogen-bond donors (Lipinski definition) is 1. The van der Waals surface area contributed by atoms with Crippen LogP contribution in [0.5, 0.6) is 0 Å². The van der Waals surface area contributed by atoms with Gasteiger partial charge in [0.05, 0.1) is 0 Å². The van der Waals surface area contributed by atoms with Crippen molar-refractivity contribution in [2.75, 3.05) is 11.5 Å². The molecule has 16 heavy (non-hydrogen) atoms. The maximum atomic E-state index is 10.7. The smallest absolute Gasteiger partial charge is 0.303 e. The van der Waals surface area contributed by atoms with E-state index in [0.29, 0.717) is 5.92 Å². The second kappa shape index (κ2) is 7.71. The van der Waals surface area contributed by atoms with Crippen LogP contribution in [0.15, 0.2) is 0 Å². The third-order valence-electron chi connectivity index (χ3n) is 3.14. The molecule has 1 N–H and O–H groups in total. The molecular formula is C12H20O3S. The Balaban J connectivity index is 1.98. The van der Waals surface area contributed by atoms with Crippen LogP contribution in [0.4, 0.5) is 0 Å². The molecule has 1 fully saturated rings. The summed E-state index contributed by atoms with van der Waals surface area (Å²) in [7, 11) is 0. The number of aliphatic carboxylic acids is 1. The van der Waals surface area contributed by atoms with Crippen molar-refractivity contribution in [2.45, 2.75) is 38.5 Å². The summed E-state index contributed by atoms with van der Waals surface area (Å²) in [5, 5.41) is 8.47. The third-order valence-corrected chi connectivity index (χ3v) is 4.42. The summed E-state index contributed by atoms with van der Waals surface area (Å²) in [6.07, 6.45) is 6.54. The van der Waals surface area contributed by atoms with Crippen molar-refractivity contribution in [3.63, 3.8) is 0 Å². The van der Waals surface area contributed by atoms with Crippen molar-refractivity contribution < 1.29 is 14.7 Å². The predicted molar refractivity (Wildman–Crippen MR) is 65.7 cm³/mol. The summed E-state index contributed by atoms with van der Waals surface area (Å²) < 4.78 is 0. The minimum absolute atomic E-state index is 0.268. The summed E-state index contributed by atoms with van der Waals surface area (Å²) in [5.41, 5.74) is 0. The van der Waals surface area contributed by atoms with Crippen molar-refractivity contribution in [1.82, 2.24) is 0 Å². The number of hydrogen-bond acceptors (Lipinski definition) is 3. The Morgan fingerprint density at radius 1 is 1.25 bits per heavy atom. The van der Waals surface area contributed by atoms with Gasteiger partial charge < -0.3 is 9.90 Å². The molecule has 1 heterocycles. The zero-order valence-electron chi connectivity index (χ0n) is 9.56. The molecule has 0 radical (unpaired) electrons. The van der Waals surface area contributed by atoms with Crippen molar-refractivity contribution in [3.05, 3.63) is 0 Å². The summed E-state index contributed by atoms with van der Waals surface area (Å²) in [4.78, 5) is 21.0. The summed E-state index contributed by atoms with van der Waals surface area (Å²) in [6.45, 7) is 0. The van der Waals surface area contributed by atoms with Crippen molar-refractivity contribution in [3.8, 4) is 0 Å². The summed E-state index contributed by atoms with van der Waals surface area (Å²) >= 11 is 1.88. The number of thioether (sulfide) groups is 1. The molecule has 0 amide bonds. The molecule has 0 unspecified atom stereocenters. The zero-order valence-corrected chi connectivity index (χ0v) is 10.4. The largest absolute Gasteiger partial charge is 0.481 e. The standard InChI is InChI=1S/C12H20O3S/c13-7-11-9-16-8-10(11)5-3-1-2-4-6-12(14)15/h7,10-11H,1-6,8-9H2,(H,14,15)/t10-,11+/m1/s1. The molecule has 0 aromatic rings. The van der Waals surface area contributed by atoms with Crippen LogP contribution in [-0.2, 0) is 9.59 Å². The van der Waals surface area contributed by atoms with Crippen molar-refractivity contribution in [1.29, 1.82) is 0 Å². The van der Waals surface area contributed by atoms with E-state index in [-0.39, 0.29) is 12.3 Å². The minimum Gasteiger partial charge on any atom is -0.481 e. The van der Waals surface area contributed by atoms with E-state index in [1.165, 1.54) is 0 Å². The highest BCUT2D eigenvalue weighted by molar-refractivity contribution is 7.99. The first-order chi connectivity index (χ1) is 7.74. The number of carboxylic acid groups (broad SMARTS) is 1. The number of unbranched alkanes of at least 4 members (excludes halogenated alkanes) is 3. The third kappa shape index (κ3) is 5.01. The van der Waals surface area contributed by atoms with E-state index in [0.717, 1.165) is 49.9 Å². The highest BCUT2D eigenvalue weighted by Crippen LogP contribution is 2.32. The lowest BCUT2D eigenvalue weighted by Gasteiger charge is -2.12. The van der Waals surface area contributed by atoms with Gasteiger partial charge in [-0.3, -0.25) is 4.79 Å². The van der Waals surface area contributed by atoms with Gasteiger partial charge in [0.15, 0.2) is 0 Å². The molecule has 3 nitrogen and oxygen atoms in total. The van der Waals surface area contributed by atoms with Crippen LogP contribution < -0.4 is 0 Å². The number of carboxylic acids is 1. The maximum Gasteiger partial charge on any atom is 0.303 e. The summed E-state index contributed by atoms with van der Waals surface area (Å²) in [6, 6.07) is 0.